The molecular formula is C18H21NO3. The fourth-order valence-electron chi connectivity index (χ4n) is 3.11. The van der Waals surface area contributed by atoms with E-state index in [-0.39, 0.29) is 11.9 Å². The second-order valence-electron chi connectivity index (χ2n) is 5.78. The average molecular weight is 299 g/mol. The van der Waals surface area contributed by atoms with Gasteiger partial charge < -0.3 is 14.1 Å². The minimum atomic E-state index is 0.00731. The predicted octanol–water partition coefficient (Wildman–Crippen LogP) is 3.44. The highest BCUT2D eigenvalue weighted by atomic mass is 16.5. The number of methoxy groups -OCH3 is 1. The molecule has 1 aromatic heterocycles. The Morgan fingerprint density at radius 2 is 2.27 bits per heavy atom. The third kappa shape index (κ3) is 2.86. The molecule has 2 aromatic rings. The van der Waals surface area contributed by atoms with E-state index in [0.717, 1.165) is 37.1 Å². The van der Waals surface area contributed by atoms with Gasteiger partial charge in [-0.1, -0.05) is 12.1 Å². The maximum atomic E-state index is 12.7. The Morgan fingerprint density at radius 3 is 3.00 bits per heavy atom. The molecule has 1 saturated heterocycles. The number of carbonyl (C=O) groups is 1. The summed E-state index contributed by atoms with van der Waals surface area (Å²) < 4.78 is 10.6. The molecule has 0 spiro atoms. The van der Waals surface area contributed by atoms with Gasteiger partial charge in [0.1, 0.15) is 5.75 Å². The van der Waals surface area contributed by atoms with Crippen LogP contribution in [0.5, 0.6) is 5.75 Å². The number of furan rings is 1. The lowest BCUT2D eigenvalue weighted by molar-refractivity contribution is 0.0703. The summed E-state index contributed by atoms with van der Waals surface area (Å²) >= 11 is 0. The van der Waals surface area contributed by atoms with Gasteiger partial charge >= 0.3 is 0 Å². The van der Waals surface area contributed by atoms with Crippen LogP contribution in [0.25, 0.3) is 0 Å². The summed E-state index contributed by atoms with van der Waals surface area (Å²) in [6.45, 7) is 2.71. The number of ether oxygens (including phenoxy) is 1. The van der Waals surface area contributed by atoms with Gasteiger partial charge in [0.15, 0.2) is 5.76 Å². The predicted molar refractivity (Wildman–Crippen MR) is 84.2 cm³/mol. The number of hydrogen-bond donors (Lipinski definition) is 0. The molecule has 4 heteroatoms. The quantitative estimate of drug-likeness (QED) is 0.868. The van der Waals surface area contributed by atoms with Gasteiger partial charge in [-0.25, -0.2) is 0 Å². The maximum absolute atomic E-state index is 12.7. The van der Waals surface area contributed by atoms with Crippen LogP contribution in [0.3, 0.4) is 0 Å². The number of benzene rings is 1. The molecule has 0 radical (unpaired) electrons. The molecule has 1 atom stereocenters. The van der Waals surface area contributed by atoms with Crippen LogP contribution in [0, 0.1) is 6.92 Å². The summed E-state index contributed by atoms with van der Waals surface area (Å²) in [6.07, 6.45) is 4.50. The molecule has 1 fully saturated rings. The van der Waals surface area contributed by atoms with Crippen LogP contribution in [0.2, 0.25) is 0 Å². The van der Waals surface area contributed by atoms with E-state index in [0.29, 0.717) is 5.76 Å². The van der Waals surface area contributed by atoms with Crippen LogP contribution in [-0.2, 0) is 6.42 Å². The SMILES string of the molecule is COc1cccc(C[C@H]2CCCN2C(=O)c2occc2C)c1. The summed E-state index contributed by atoms with van der Waals surface area (Å²) in [5, 5.41) is 0. The topological polar surface area (TPSA) is 42.7 Å². The van der Waals surface area contributed by atoms with Crippen LogP contribution in [0.15, 0.2) is 41.0 Å². The molecule has 1 aliphatic heterocycles. The van der Waals surface area contributed by atoms with Crippen molar-refractivity contribution >= 4 is 5.91 Å². The molecule has 116 valence electrons. The smallest absolute Gasteiger partial charge is 0.290 e. The fraction of sp³-hybridized carbons (Fsp3) is 0.389. The van der Waals surface area contributed by atoms with Crippen molar-refractivity contribution in [2.24, 2.45) is 0 Å². The molecule has 3 rings (SSSR count). The summed E-state index contributed by atoms with van der Waals surface area (Å²) in [4.78, 5) is 14.6. The number of nitrogens with zero attached hydrogens (tertiary/aromatic N) is 1. The lowest BCUT2D eigenvalue weighted by Crippen LogP contribution is -2.36. The van der Waals surface area contributed by atoms with Crippen molar-refractivity contribution in [1.82, 2.24) is 4.90 Å². The molecule has 4 nitrogen and oxygen atoms in total. The molecule has 1 amide bonds. The van der Waals surface area contributed by atoms with Crippen molar-refractivity contribution in [1.29, 1.82) is 0 Å². The Morgan fingerprint density at radius 1 is 1.41 bits per heavy atom. The van der Waals surface area contributed by atoms with Crippen LogP contribution >= 0.6 is 0 Å². The van der Waals surface area contributed by atoms with Gasteiger partial charge in [0.2, 0.25) is 0 Å². The highest BCUT2D eigenvalue weighted by molar-refractivity contribution is 5.93. The molecule has 0 unspecified atom stereocenters. The molecule has 1 aliphatic rings. The van der Waals surface area contributed by atoms with Gasteiger partial charge in [0.05, 0.1) is 13.4 Å². The Balaban J connectivity index is 1.75. The second kappa shape index (κ2) is 6.26. The van der Waals surface area contributed by atoms with E-state index in [4.69, 9.17) is 9.15 Å². The van der Waals surface area contributed by atoms with E-state index in [2.05, 4.69) is 6.07 Å². The molecular weight excluding hydrogens is 278 g/mol. The van der Waals surface area contributed by atoms with Crippen LogP contribution in [0.4, 0.5) is 0 Å². The summed E-state index contributed by atoms with van der Waals surface area (Å²) in [7, 11) is 1.67. The lowest BCUT2D eigenvalue weighted by atomic mass is 10.0. The second-order valence-corrected chi connectivity index (χ2v) is 5.78. The van der Waals surface area contributed by atoms with Gasteiger partial charge in [-0.3, -0.25) is 4.79 Å². The van der Waals surface area contributed by atoms with E-state index in [1.165, 1.54) is 5.56 Å². The third-order valence-electron chi connectivity index (χ3n) is 4.30. The zero-order valence-corrected chi connectivity index (χ0v) is 13.0. The first-order valence-electron chi connectivity index (χ1n) is 7.67. The third-order valence-corrected chi connectivity index (χ3v) is 4.30. The van der Waals surface area contributed by atoms with Crippen molar-refractivity contribution in [3.05, 3.63) is 53.5 Å². The number of carbonyl (C=O) groups excluding carboxylic acids is 1. The van der Waals surface area contributed by atoms with E-state index in [1.807, 2.05) is 36.1 Å². The molecule has 2 heterocycles. The Kier molecular flexibility index (Phi) is 4.18. The number of rotatable bonds is 4. The molecule has 0 saturated carbocycles. The van der Waals surface area contributed by atoms with Crippen LogP contribution < -0.4 is 4.74 Å². The normalized spacial score (nSPS) is 17.7. The van der Waals surface area contributed by atoms with E-state index in [9.17, 15) is 4.79 Å². The number of likely N-dealkylation sites (tertiary alicyclic amines) is 1. The van der Waals surface area contributed by atoms with Gasteiger partial charge in [-0.2, -0.15) is 0 Å². The molecule has 0 aliphatic carbocycles. The van der Waals surface area contributed by atoms with Crippen LogP contribution in [0.1, 0.15) is 34.5 Å². The zero-order chi connectivity index (χ0) is 15.5. The van der Waals surface area contributed by atoms with Gasteiger partial charge in [0, 0.05) is 18.2 Å². The van der Waals surface area contributed by atoms with Crippen LogP contribution in [-0.4, -0.2) is 30.5 Å². The molecule has 0 N–H and O–H groups in total. The van der Waals surface area contributed by atoms with Crippen molar-refractivity contribution in [3.63, 3.8) is 0 Å². The number of amides is 1. The van der Waals surface area contributed by atoms with Crippen molar-refractivity contribution < 1.29 is 13.9 Å². The van der Waals surface area contributed by atoms with E-state index < -0.39 is 0 Å². The van der Waals surface area contributed by atoms with Gasteiger partial charge in [-0.15, -0.1) is 0 Å². The summed E-state index contributed by atoms with van der Waals surface area (Å²) in [5.74, 6) is 1.33. The maximum Gasteiger partial charge on any atom is 0.290 e. The lowest BCUT2D eigenvalue weighted by Gasteiger charge is -2.24. The largest absolute Gasteiger partial charge is 0.497 e. The summed E-state index contributed by atoms with van der Waals surface area (Å²) in [6, 6.07) is 10.1. The Bertz CT molecular complexity index is 662. The Labute approximate surface area is 130 Å². The molecule has 22 heavy (non-hydrogen) atoms. The monoisotopic (exact) mass is 299 g/mol. The fourth-order valence-corrected chi connectivity index (χ4v) is 3.11. The van der Waals surface area contributed by atoms with E-state index >= 15 is 0 Å². The zero-order valence-electron chi connectivity index (χ0n) is 13.0. The molecule has 1 aromatic carbocycles. The molecule has 0 bridgehead atoms. The van der Waals surface area contributed by atoms with Gasteiger partial charge in [0.25, 0.3) is 5.91 Å². The average Bonchev–Trinajstić information content (AvgIpc) is 3.16. The standard InChI is InChI=1S/C18H21NO3/c1-13-8-10-22-17(13)18(20)19-9-4-6-15(19)11-14-5-3-7-16(12-14)21-2/h3,5,7-8,10,12,15H,4,6,9,11H2,1-2H3/t15-/m1/s1. The summed E-state index contributed by atoms with van der Waals surface area (Å²) in [5.41, 5.74) is 2.09. The first kappa shape index (κ1) is 14.7. The minimum absolute atomic E-state index is 0.00731. The van der Waals surface area contributed by atoms with Crippen molar-refractivity contribution in [2.45, 2.75) is 32.2 Å². The minimum Gasteiger partial charge on any atom is -0.497 e. The van der Waals surface area contributed by atoms with Crippen molar-refractivity contribution in [3.8, 4) is 5.75 Å². The first-order chi connectivity index (χ1) is 10.7. The first-order valence-corrected chi connectivity index (χ1v) is 7.67. The number of aryl methyl sites for hydroxylation is 1. The van der Waals surface area contributed by atoms with E-state index in [1.54, 1.807) is 13.4 Å². The van der Waals surface area contributed by atoms with Gasteiger partial charge in [-0.05, 0) is 49.9 Å². The highest BCUT2D eigenvalue weighted by Crippen LogP contribution is 2.25. The highest BCUT2D eigenvalue weighted by Gasteiger charge is 2.31. The van der Waals surface area contributed by atoms with Crippen molar-refractivity contribution in [2.75, 3.05) is 13.7 Å². The number of hydrogen-bond acceptors (Lipinski definition) is 3. The Hall–Kier alpha value is -2.23.